The monoisotopic (exact) mass is 345 g/mol. The summed E-state index contributed by atoms with van der Waals surface area (Å²) in [6.45, 7) is 1.78. The maximum absolute atomic E-state index is 12.1. The van der Waals surface area contributed by atoms with Crippen molar-refractivity contribution in [1.82, 2.24) is 9.55 Å². The van der Waals surface area contributed by atoms with Gasteiger partial charge in [0.2, 0.25) is 0 Å². The normalized spacial score (nSPS) is 13.2. The molecule has 0 unspecified atom stereocenters. The Hall–Kier alpha value is -3.36. The molecule has 2 heterocycles. The van der Waals surface area contributed by atoms with Crippen LogP contribution in [-0.4, -0.2) is 35.3 Å². The molecule has 0 radical (unpaired) electrons. The number of fused-ring (bicyclic) bond motifs is 1. The summed E-state index contributed by atoms with van der Waals surface area (Å²) in [4.78, 5) is 50.8. The Labute approximate surface area is 141 Å². The van der Waals surface area contributed by atoms with E-state index in [-0.39, 0.29) is 18.8 Å². The molecular formula is C16H15N3O6. The van der Waals surface area contributed by atoms with Crippen molar-refractivity contribution in [1.29, 1.82) is 0 Å². The molecule has 1 N–H and O–H groups in total. The van der Waals surface area contributed by atoms with E-state index in [1.54, 1.807) is 32.2 Å². The Morgan fingerprint density at radius 3 is 2.80 bits per heavy atom. The van der Waals surface area contributed by atoms with Crippen LogP contribution in [0.5, 0.6) is 0 Å². The topological polar surface area (TPSA) is 111 Å². The first kappa shape index (κ1) is 16.5. The number of esters is 1. The zero-order valence-corrected chi connectivity index (χ0v) is 13.6. The quantitative estimate of drug-likeness (QED) is 0.824. The Morgan fingerprint density at radius 2 is 2.08 bits per heavy atom. The highest BCUT2D eigenvalue weighted by molar-refractivity contribution is 5.90. The number of carbonyl (C=O) groups is 2. The van der Waals surface area contributed by atoms with E-state index in [1.165, 1.54) is 4.90 Å². The first-order valence-electron chi connectivity index (χ1n) is 7.49. The van der Waals surface area contributed by atoms with Gasteiger partial charge in [0.25, 0.3) is 5.56 Å². The fraction of sp³-hybridized carbons (Fsp3) is 0.250. The first-order valence-corrected chi connectivity index (χ1v) is 7.49. The van der Waals surface area contributed by atoms with Gasteiger partial charge in [0, 0.05) is 18.8 Å². The predicted octanol–water partition coefficient (Wildman–Crippen LogP) is 0.789. The molecule has 9 nitrogen and oxygen atoms in total. The number of hydrogen-bond acceptors (Lipinski definition) is 6. The molecule has 0 aliphatic carbocycles. The van der Waals surface area contributed by atoms with Crippen LogP contribution in [0.4, 0.5) is 10.5 Å². The lowest BCUT2D eigenvalue weighted by atomic mass is 10.1. The van der Waals surface area contributed by atoms with Crippen molar-refractivity contribution in [3.8, 4) is 5.69 Å². The third-order valence-corrected chi connectivity index (χ3v) is 3.77. The number of ether oxygens (including phenoxy) is 2. The highest BCUT2D eigenvalue weighted by Crippen LogP contribution is 2.27. The number of nitrogens with zero attached hydrogens (tertiary/aromatic N) is 2. The van der Waals surface area contributed by atoms with Crippen molar-refractivity contribution in [3.63, 3.8) is 0 Å². The third kappa shape index (κ3) is 2.91. The lowest BCUT2D eigenvalue weighted by molar-refractivity contribution is 0.0523. The summed E-state index contributed by atoms with van der Waals surface area (Å²) >= 11 is 0. The van der Waals surface area contributed by atoms with Gasteiger partial charge in [-0.05, 0) is 25.1 Å². The first-order chi connectivity index (χ1) is 11.9. The Balaban J connectivity index is 2.10. The van der Waals surface area contributed by atoms with E-state index in [1.807, 2.05) is 0 Å². The molecule has 1 aliphatic rings. The smallest absolute Gasteiger partial charge is 0.414 e. The number of benzene rings is 1. The molecule has 0 saturated heterocycles. The second-order valence-corrected chi connectivity index (χ2v) is 5.32. The summed E-state index contributed by atoms with van der Waals surface area (Å²) in [5.41, 5.74) is -0.0245. The number of hydrogen-bond donors (Lipinski definition) is 1. The van der Waals surface area contributed by atoms with Crippen LogP contribution in [-0.2, 0) is 16.1 Å². The van der Waals surface area contributed by atoms with Gasteiger partial charge in [0.05, 0.1) is 18.0 Å². The van der Waals surface area contributed by atoms with Crippen LogP contribution in [0.3, 0.4) is 0 Å². The van der Waals surface area contributed by atoms with Gasteiger partial charge in [-0.25, -0.2) is 14.4 Å². The molecule has 0 fully saturated rings. The summed E-state index contributed by atoms with van der Waals surface area (Å²) in [6, 6.07) is 4.90. The van der Waals surface area contributed by atoms with Crippen LogP contribution < -0.4 is 16.1 Å². The number of H-pyrrole nitrogens is 1. The van der Waals surface area contributed by atoms with Crippen LogP contribution in [0.1, 0.15) is 22.8 Å². The zero-order valence-electron chi connectivity index (χ0n) is 13.6. The predicted molar refractivity (Wildman–Crippen MR) is 87.2 cm³/mol. The number of amides is 1. The minimum Gasteiger partial charge on any atom is -0.462 e. The van der Waals surface area contributed by atoms with Crippen molar-refractivity contribution in [3.05, 3.63) is 56.4 Å². The number of rotatable bonds is 3. The summed E-state index contributed by atoms with van der Waals surface area (Å²) in [6.07, 6.45) is 0.672. The maximum atomic E-state index is 12.1. The minimum atomic E-state index is -0.816. The van der Waals surface area contributed by atoms with Crippen LogP contribution in [0.25, 0.3) is 5.69 Å². The minimum absolute atomic E-state index is 0.0647. The van der Waals surface area contributed by atoms with E-state index in [0.29, 0.717) is 16.9 Å². The summed E-state index contributed by atoms with van der Waals surface area (Å²) in [7, 11) is 1.57. The van der Waals surface area contributed by atoms with Gasteiger partial charge in [-0.3, -0.25) is 19.2 Å². The van der Waals surface area contributed by atoms with Gasteiger partial charge in [0.15, 0.2) is 0 Å². The standard InChI is InChI=1S/C16H15N3O6/c1-3-24-14(21)11-7-19(15(22)17-13(11)20)10-4-5-12-9(6-10)8-25-16(23)18(12)2/h4-7H,3,8H2,1-2H3,(H,17,20,22). The molecule has 2 aromatic rings. The molecule has 0 saturated carbocycles. The largest absolute Gasteiger partial charge is 0.462 e. The van der Waals surface area contributed by atoms with Crippen LogP contribution in [0.2, 0.25) is 0 Å². The molecule has 1 amide bonds. The average molecular weight is 345 g/mol. The lowest BCUT2D eigenvalue weighted by Gasteiger charge is -2.25. The SMILES string of the molecule is CCOC(=O)c1cn(-c2ccc3c(c2)COC(=O)N3C)c(=O)[nH]c1=O. The molecule has 1 aromatic heterocycles. The highest BCUT2D eigenvalue weighted by atomic mass is 16.6. The van der Waals surface area contributed by atoms with Gasteiger partial charge >= 0.3 is 17.8 Å². The Bertz CT molecular complexity index is 975. The molecule has 9 heteroatoms. The number of aromatic nitrogens is 2. The van der Waals surface area contributed by atoms with Gasteiger partial charge < -0.3 is 9.47 Å². The van der Waals surface area contributed by atoms with E-state index < -0.39 is 23.3 Å². The summed E-state index contributed by atoms with van der Waals surface area (Å²) < 4.78 is 11.0. The second kappa shape index (κ2) is 6.27. The molecule has 130 valence electrons. The van der Waals surface area contributed by atoms with Gasteiger partial charge in [-0.15, -0.1) is 0 Å². The van der Waals surface area contributed by atoms with Gasteiger partial charge in [-0.1, -0.05) is 0 Å². The van der Waals surface area contributed by atoms with Crippen LogP contribution >= 0.6 is 0 Å². The molecular weight excluding hydrogens is 330 g/mol. The number of carbonyl (C=O) groups excluding carboxylic acids is 2. The van der Waals surface area contributed by atoms with Crippen molar-refractivity contribution in [2.24, 2.45) is 0 Å². The second-order valence-electron chi connectivity index (χ2n) is 5.32. The molecule has 25 heavy (non-hydrogen) atoms. The Morgan fingerprint density at radius 1 is 1.32 bits per heavy atom. The number of anilines is 1. The van der Waals surface area contributed by atoms with Crippen LogP contribution in [0.15, 0.2) is 34.0 Å². The molecule has 1 aliphatic heterocycles. The van der Waals surface area contributed by atoms with Gasteiger partial charge in [0.1, 0.15) is 12.2 Å². The van der Waals surface area contributed by atoms with E-state index >= 15 is 0 Å². The van der Waals surface area contributed by atoms with Gasteiger partial charge in [-0.2, -0.15) is 0 Å². The molecule has 1 aromatic carbocycles. The molecule has 0 spiro atoms. The number of cyclic esters (lactones) is 1. The highest BCUT2D eigenvalue weighted by Gasteiger charge is 2.23. The zero-order chi connectivity index (χ0) is 18.1. The Kier molecular flexibility index (Phi) is 4.14. The van der Waals surface area contributed by atoms with E-state index in [0.717, 1.165) is 10.8 Å². The summed E-state index contributed by atoms with van der Waals surface area (Å²) in [5, 5.41) is 0. The molecule has 3 rings (SSSR count). The van der Waals surface area contributed by atoms with Crippen molar-refractivity contribution < 1.29 is 19.1 Å². The number of aromatic amines is 1. The van der Waals surface area contributed by atoms with Crippen LogP contribution in [0, 0.1) is 0 Å². The molecule has 0 bridgehead atoms. The van der Waals surface area contributed by atoms with Crippen molar-refractivity contribution >= 4 is 17.7 Å². The van der Waals surface area contributed by atoms with Crippen molar-refractivity contribution in [2.45, 2.75) is 13.5 Å². The lowest BCUT2D eigenvalue weighted by Crippen LogP contribution is -2.34. The average Bonchev–Trinajstić information content (AvgIpc) is 2.58. The number of nitrogens with one attached hydrogen (secondary N) is 1. The fourth-order valence-electron chi connectivity index (χ4n) is 2.52. The van der Waals surface area contributed by atoms with E-state index in [2.05, 4.69) is 4.98 Å². The maximum Gasteiger partial charge on any atom is 0.414 e. The molecule has 0 atom stereocenters. The third-order valence-electron chi connectivity index (χ3n) is 3.77. The fourth-order valence-corrected chi connectivity index (χ4v) is 2.52. The van der Waals surface area contributed by atoms with Crippen molar-refractivity contribution in [2.75, 3.05) is 18.6 Å². The van der Waals surface area contributed by atoms with E-state index in [4.69, 9.17) is 9.47 Å². The summed E-state index contributed by atoms with van der Waals surface area (Å²) in [5.74, 6) is -0.816. The van der Waals surface area contributed by atoms with E-state index in [9.17, 15) is 19.2 Å².